The molecule has 4 heteroatoms. The summed E-state index contributed by atoms with van der Waals surface area (Å²) in [6, 6.07) is 6.25. The Morgan fingerprint density at radius 3 is 2.81 bits per heavy atom. The highest BCUT2D eigenvalue weighted by atomic mass is 79.9. The van der Waals surface area contributed by atoms with Gasteiger partial charge < -0.3 is 14.8 Å². The average molecular weight is 356 g/mol. The number of hydrogen-bond donors (Lipinski definition) is 1. The van der Waals surface area contributed by atoms with Crippen molar-refractivity contribution in [3.05, 3.63) is 28.2 Å². The Morgan fingerprint density at radius 2 is 2.05 bits per heavy atom. The van der Waals surface area contributed by atoms with Crippen molar-refractivity contribution in [1.29, 1.82) is 0 Å². The lowest BCUT2D eigenvalue weighted by molar-refractivity contribution is 0.199. The van der Waals surface area contributed by atoms with Crippen LogP contribution in [-0.2, 0) is 11.3 Å². The summed E-state index contributed by atoms with van der Waals surface area (Å²) in [5.74, 6) is 1.72. The number of nitrogens with one attached hydrogen (secondary N) is 1. The van der Waals surface area contributed by atoms with Crippen molar-refractivity contribution in [3.63, 3.8) is 0 Å². The van der Waals surface area contributed by atoms with Gasteiger partial charge in [0, 0.05) is 24.7 Å². The van der Waals surface area contributed by atoms with E-state index >= 15 is 0 Å². The lowest BCUT2D eigenvalue weighted by Crippen LogP contribution is -2.19. The molecule has 0 atom stereocenters. The number of methoxy groups -OCH3 is 1. The maximum Gasteiger partial charge on any atom is 0.119 e. The summed E-state index contributed by atoms with van der Waals surface area (Å²) in [4.78, 5) is 0. The Hall–Kier alpha value is -0.580. The molecule has 1 aliphatic rings. The molecule has 0 heterocycles. The maximum atomic E-state index is 6.00. The number of ether oxygens (including phenoxy) is 2. The van der Waals surface area contributed by atoms with Crippen molar-refractivity contribution in [3.8, 4) is 5.75 Å². The first-order valence-corrected chi connectivity index (χ1v) is 8.70. The monoisotopic (exact) mass is 355 g/mol. The lowest BCUT2D eigenvalue weighted by atomic mass is 9.90. The molecular weight excluding hydrogens is 330 g/mol. The van der Waals surface area contributed by atoms with Gasteiger partial charge in [-0.25, -0.2) is 0 Å². The molecule has 1 saturated carbocycles. The van der Waals surface area contributed by atoms with Crippen LogP contribution in [0.25, 0.3) is 0 Å². The molecule has 1 aliphatic carbocycles. The van der Waals surface area contributed by atoms with Crippen molar-refractivity contribution in [2.75, 3.05) is 26.9 Å². The minimum Gasteiger partial charge on any atom is -0.493 e. The Kier molecular flexibility index (Phi) is 7.54. The van der Waals surface area contributed by atoms with E-state index in [1.807, 2.05) is 6.07 Å². The van der Waals surface area contributed by atoms with E-state index in [1.54, 1.807) is 7.11 Å². The SMILES string of the molecule is COCCNCc1cc(OCC2CCCCC2)ccc1Br. The van der Waals surface area contributed by atoms with E-state index in [-0.39, 0.29) is 0 Å². The molecule has 0 unspecified atom stereocenters. The van der Waals surface area contributed by atoms with Crippen LogP contribution in [0.3, 0.4) is 0 Å². The molecule has 3 nitrogen and oxygen atoms in total. The zero-order valence-electron chi connectivity index (χ0n) is 12.9. The van der Waals surface area contributed by atoms with Crippen LogP contribution in [0.5, 0.6) is 5.75 Å². The number of halogens is 1. The molecule has 0 amide bonds. The first-order valence-electron chi connectivity index (χ1n) is 7.90. The highest BCUT2D eigenvalue weighted by Crippen LogP contribution is 2.26. The lowest BCUT2D eigenvalue weighted by Gasteiger charge is -2.22. The Bertz CT molecular complexity index is 419. The first-order chi connectivity index (χ1) is 10.3. The topological polar surface area (TPSA) is 30.5 Å². The summed E-state index contributed by atoms with van der Waals surface area (Å²) < 4.78 is 12.2. The van der Waals surface area contributed by atoms with Crippen LogP contribution >= 0.6 is 15.9 Å². The molecular formula is C17H26BrNO2. The largest absolute Gasteiger partial charge is 0.493 e. The Balaban J connectivity index is 1.82. The number of rotatable bonds is 8. The molecule has 0 saturated heterocycles. The Labute approximate surface area is 136 Å². The van der Waals surface area contributed by atoms with Gasteiger partial charge in [-0.1, -0.05) is 35.2 Å². The van der Waals surface area contributed by atoms with Gasteiger partial charge in [-0.15, -0.1) is 0 Å². The summed E-state index contributed by atoms with van der Waals surface area (Å²) >= 11 is 3.60. The fourth-order valence-corrected chi connectivity index (χ4v) is 3.13. The highest BCUT2D eigenvalue weighted by Gasteiger charge is 2.14. The van der Waals surface area contributed by atoms with Crippen molar-refractivity contribution in [2.45, 2.75) is 38.6 Å². The smallest absolute Gasteiger partial charge is 0.119 e. The second-order valence-corrected chi connectivity index (χ2v) is 6.59. The van der Waals surface area contributed by atoms with Gasteiger partial charge >= 0.3 is 0 Å². The van der Waals surface area contributed by atoms with Crippen LogP contribution < -0.4 is 10.1 Å². The summed E-state index contributed by atoms with van der Waals surface area (Å²) in [7, 11) is 1.72. The van der Waals surface area contributed by atoms with E-state index < -0.39 is 0 Å². The van der Waals surface area contributed by atoms with Gasteiger partial charge in [0.15, 0.2) is 0 Å². The summed E-state index contributed by atoms with van der Waals surface area (Å²) in [6.07, 6.45) is 6.77. The van der Waals surface area contributed by atoms with Crippen molar-refractivity contribution < 1.29 is 9.47 Å². The fraction of sp³-hybridized carbons (Fsp3) is 0.647. The van der Waals surface area contributed by atoms with Gasteiger partial charge in [-0.05, 0) is 42.5 Å². The van der Waals surface area contributed by atoms with Crippen LogP contribution in [0.4, 0.5) is 0 Å². The van der Waals surface area contributed by atoms with E-state index in [4.69, 9.17) is 9.47 Å². The van der Waals surface area contributed by atoms with Gasteiger partial charge in [-0.2, -0.15) is 0 Å². The van der Waals surface area contributed by atoms with Gasteiger partial charge in [0.1, 0.15) is 5.75 Å². The van der Waals surface area contributed by atoms with Crippen LogP contribution in [0.15, 0.2) is 22.7 Å². The normalized spacial score (nSPS) is 16.1. The molecule has 118 valence electrons. The summed E-state index contributed by atoms with van der Waals surface area (Å²) in [5, 5.41) is 3.37. The first kappa shape index (κ1) is 16.8. The molecule has 0 spiro atoms. The van der Waals surface area contributed by atoms with Crippen LogP contribution in [0, 0.1) is 5.92 Å². The fourth-order valence-electron chi connectivity index (χ4n) is 2.74. The number of hydrogen-bond acceptors (Lipinski definition) is 3. The molecule has 1 aromatic carbocycles. The van der Waals surface area contributed by atoms with E-state index in [2.05, 4.69) is 33.4 Å². The summed E-state index contributed by atoms with van der Waals surface area (Å²) in [5.41, 5.74) is 1.23. The molecule has 0 bridgehead atoms. The van der Waals surface area contributed by atoms with Crippen LogP contribution in [0.1, 0.15) is 37.7 Å². The van der Waals surface area contributed by atoms with E-state index in [9.17, 15) is 0 Å². The standard InChI is InChI=1S/C17H26BrNO2/c1-20-10-9-19-12-15-11-16(7-8-17(15)18)21-13-14-5-3-2-4-6-14/h7-8,11,14,19H,2-6,9-10,12-13H2,1H3. The van der Waals surface area contributed by atoms with Gasteiger partial charge in [0.2, 0.25) is 0 Å². The minimum atomic E-state index is 0.732. The average Bonchev–Trinajstić information content (AvgIpc) is 2.53. The quantitative estimate of drug-likeness (QED) is 0.710. The minimum absolute atomic E-state index is 0.732. The third-order valence-corrected chi connectivity index (χ3v) is 4.80. The molecule has 21 heavy (non-hydrogen) atoms. The molecule has 1 aromatic rings. The third-order valence-electron chi connectivity index (χ3n) is 4.03. The van der Waals surface area contributed by atoms with Crippen LogP contribution in [-0.4, -0.2) is 26.9 Å². The predicted molar refractivity (Wildman–Crippen MR) is 89.8 cm³/mol. The molecule has 0 aliphatic heterocycles. The third kappa shape index (κ3) is 5.97. The second-order valence-electron chi connectivity index (χ2n) is 5.74. The van der Waals surface area contributed by atoms with Gasteiger partial charge in [0.25, 0.3) is 0 Å². The molecule has 1 fully saturated rings. The van der Waals surface area contributed by atoms with Gasteiger partial charge in [0.05, 0.1) is 13.2 Å². The molecule has 0 radical (unpaired) electrons. The highest BCUT2D eigenvalue weighted by molar-refractivity contribution is 9.10. The second kappa shape index (κ2) is 9.44. The molecule has 2 rings (SSSR count). The van der Waals surface area contributed by atoms with E-state index in [0.717, 1.165) is 42.4 Å². The van der Waals surface area contributed by atoms with Crippen LogP contribution in [0.2, 0.25) is 0 Å². The molecule has 0 aromatic heterocycles. The Morgan fingerprint density at radius 1 is 1.24 bits per heavy atom. The van der Waals surface area contributed by atoms with E-state index in [0.29, 0.717) is 0 Å². The molecule has 1 N–H and O–H groups in total. The maximum absolute atomic E-state index is 6.00. The zero-order chi connectivity index (χ0) is 14.9. The summed E-state index contributed by atoms with van der Waals surface area (Å²) in [6.45, 7) is 3.27. The zero-order valence-corrected chi connectivity index (χ0v) is 14.5. The van der Waals surface area contributed by atoms with Crippen molar-refractivity contribution in [2.24, 2.45) is 5.92 Å². The van der Waals surface area contributed by atoms with Gasteiger partial charge in [-0.3, -0.25) is 0 Å². The predicted octanol–water partition coefficient (Wildman–Crippen LogP) is 4.14. The van der Waals surface area contributed by atoms with Crippen molar-refractivity contribution >= 4 is 15.9 Å². The van der Waals surface area contributed by atoms with E-state index in [1.165, 1.54) is 37.7 Å². The van der Waals surface area contributed by atoms with Crippen molar-refractivity contribution in [1.82, 2.24) is 5.32 Å². The number of benzene rings is 1.